The highest BCUT2D eigenvalue weighted by Crippen LogP contribution is 2.29. The number of nitrogens with zero attached hydrogens (tertiary/aromatic N) is 2. The van der Waals surface area contributed by atoms with Gasteiger partial charge in [0.25, 0.3) is 5.56 Å². The second kappa shape index (κ2) is 5.31. The Morgan fingerprint density at radius 1 is 1.15 bits per heavy atom. The van der Waals surface area contributed by atoms with Crippen LogP contribution < -0.4 is 10.5 Å². The topological polar surface area (TPSA) is 62.5 Å². The average molecular weight is 276 g/mol. The summed E-state index contributed by atoms with van der Waals surface area (Å²) in [6, 6.07) is 1.71. The van der Waals surface area contributed by atoms with Gasteiger partial charge in [-0.1, -0.05) is 12.8 Å². The van der Waals surface area contributed by atoms with Crippen LogP contribution in [0.15, 0.2) is 17.1 Å². The third kappa shape index (κ3) is 2.32. The van der Waals surface area contributed by atoms with E-state index in [1.54, 1.807) is 10.6 Å². The highest BCUT2D eigenvalue weighted by molar-refractivity contribution is 5.88. The zero-order chi connectivity index (χ0) is 14.1. The largest absolute Gasteiger partial charge is 0.478 e. The normalized spacial score (nSPS) is 19.7. The molecule has 0 bridgehead atoms. The number of carboxylic acids is 1. The number of hydrogen-bond donors (Lipinski definition) is 1. The predicted octanol–water partition coefficient (Wildman–Crippen LogP) is 2.26. The first-order valence-electron chi connectivity index (χ1n) is 7.41. The van der Waals surface area contributed by atoms with Gasteiger partial charge >= 0.3 is 5.97 Å². The van der Waals surface area contributed by atoms with Gasteiger partial charge < -0.3 is 14.6 Å². The standard InChI is InChI=1S/C15H20N2O3/c18-14-13(16-7-3-4-8-16)9-11(15(19)20)10-17(14)12-5-1-2-6-12/h9-10,12H,1-8H2,(H,19,20). The highest BCUT2D eigenvalue weighted by Gasteiger charge is 2.24. The van der Waals surface area contributed by atoms with E-state index in [2.05, 4.69) is 0 Å². The van der Waals surface area contributed by atoms with Crippen LogP contribution in [0.25, 0.3) is 0 Å². The van der Waals surface area contributed by atoms with Gasteiger partial charge in [0.15, 0.2) is 0 Å². The quantitative estimate of drug-likeness (QED) is 0.920. The average Bonchev–Trinajstić information content (AvgIpc) is 3.12. The molecular formula is C15H20N2O3. The number of carbonyl (C=O) groups is 1. The minimum Gasteiger partial charge on any atom is -0.478 e. The van der Waals surface area contributed by atoms with E-state index in [-0.39, 0.29) is 17.2 Å². The van der Waals surface area contributed by atoms with Crippen LogP contribution in [0.5, 0.6) is 0 Å². The number of rotatable bonds is 3. The zero-order valence-electron chi connectivity index (χ0n) is 11.5. The molecule has 1 N–H and O–H groups in total. The number of pyridine rings is 1. The summed E-state index contributed by atoms with van der Waals surface area (Å²) in [5.74, 6) is -0.961. The molecule has 5 heteroatoms. The Morgan fingerprint density at radius 3 is 2.40 bits per heavy atom. The van der Waals surface area contributed by atoms with E-state index in [4.69, 9.17) is 0 Å². The summed E-state index contributed by atoms with van der Waals surface area (Å²) < 4.78 is 1.67. The molecule has 0 radical (unpaired) electrons. The van der Waals surface area contributed by atoms with E-state index < -0.39 is 5.97 Å². The van der Waals surface area contributed by atoms with Crippen molar-refractivity contribution in [3.8, 4) is 0 Å². The molecule has 0 aromatic carbocycles. The van der Waals surface area contributed by atoms with Crippen molar-refractivity contribution in [3.63, 3.8) is 0 Å². The first kappa shape index (κ1) is 13.2. The molecule has 1 aromatic heterocycles. The Hall–Kier alpha value is -1.78. The third-order valence-electron chi connectivity index (χ3n) is 4.44. The smallest absolute Gasteiger partial charge is 0.337 e. The molecule has 0 amide bonds. The van der Waals surface area contributed by atoms with Gasteiger partial charge in [0.05, 0.1) is 5.56 Å². The molecule has 2 fully saturated rings. The molecule has 2 aliphatic rings. The van der Waals surface area contributed by atoms with Gasteiger partial charge in [0.1, 0.15) is 5.69 Å². The molecule has 1 aliphatic heterocycles. The Labute approximate surface area is 117 Å². The summed E-state index contributed by atoms with van der Waals surface area (Å²) in [5, 5.41) is 9.28. The van der Waals surface area contributed by atoms with Crippen LogP contribution >= 0.6 is 0 Å². The van der Waals surface area contributed by atoms with Crippen molar-refractivity contribution in [2.75, 3.05) is 18.0 Å². The molecule has 20 heavy (non-hydrogen) atoms. The van der Waals surface area contributed by atoms with Crippen molar-refractivity contribution < 1.29 is 9.90 Å². The van der Waals surface area contributed by atoms with Crippen LogP contribution in [-0.2, 0) is 0 Å². The first-order chi connectivity index (χ1) is 9.66. The maximum atomic E-state index is 12.6. The number of aromatic nitrogens is 1. The second-order valence-corrected chi connectivity index (χ2v) is 5.76. The summed E-state index contributed by atoms with van der Waals surface area (Å²) >= 11 is 0. The summed E-state index contributed by atoms with van der Waals surface area (Å²) in [6.45, 7) is 1.70. The Balaban J connectivity index is 2.07. The van der Waals surface area contributed by atoms with Crippen LogP contribution in [0.3, 0.4) is 0 Å². The molecule has 5 nitrogen and oxygen atoms in total. The second-order valence-electron chi connectivity index (χ2n) is 5.76. The summed E-state index contributed by atoms with van der Waals surface area (Å²) in [4.78, 5) is 26.0. The molecular weight excluding hydrogens is 256 g/mol. The Bertz CT molecular complexity index is 527. The van der Waals surface area contributed by atoms with E-state index in [1.807, 2.05) is 4.90 Å². The maximum Gasteiger partial charge on any atom is 0.337 e. The molecule has 108 valence electrons. The lowest BCUT2D eigenvalue weighted by molar-refractivity contribution is 0.0695. The van der Waals surface area contributed by atoms with Gasteiger partial charge in [-0.05, 0) is 31.7 Å². The molecule has 0 spiro atoms. The molecule has 0 unspecified atom stereocenters. The first-order valence-corrected chi connectivity index (χ1v) is 7.41. The van der Waals surface area contributed by atoms with Crippen LogP contribution in [-0.4, -0.2) is 28.7 Å². The van der Waals surface area contributed by atoms with Gasteiger partial charge in [0, 0.05) is 25.3 Å². The van der Waals surface area contributed by atoms with Gasteiger partial charge in [-0.2, -0.15) is 0 Å². The number of carboxylic acid groups (broad SMARTS) is 1. The monoisotopic (exact) mass is 276 g/mol. The molecule has 0 atom stereocenters. The van der Waals surface area contributed by atoms with Gasteiger partial charge in [-0.15, -0.1) is 0 Å². The minimum absolute atomic E-state index is 0.0243. The van der Waals surface area contributed by atoms with Crippen molar-refractivity contribution >= 4 is 11.7 Å². The van der Waals surface area contributed by atoms with Crippen molar-refractivity contribution in [2.24, 2.45) is 0 Å². The lowest BCUT2D eigenvalue weighted by Gasteiger charge is -2.21. The van der Waals surface area contributed by atoms with Gasteiger partial charge in [0.2, 0.25) is 0 Å². The zero-order valence-corrected chi connectivity index (χ0v) is 11.5. The molecule has 1 saturated heterocycles. The summed E-state index contributed by atoms with van der Waals surface area (Å²) in [5.41, 5.74) is 0.761. The van der Waals surface area contributed by atoms with Crippen molar-refractivity contribution in [3.05, 3.63) is 28.2 Å². The summed E-state index contributed by atoms with van der Waals surface area (Å²) in [6.07, 6.45) is 7.85. The molecule has 2 heterocycles. The number of anilines is 1. The Morgan fingerprint density at radius 2 is 1.80 bits per heavy atom. The van der Waals surface area contributed by atoms with Crippen LogP contribution in [0.1, 0.15) is 54.9 Å². The molecule has 1 aliphatic carbocycles. The minimum atomic E-state index is -0.961. The van der Waals surface area contributed by atoms with Crippen LogP contribution in [0.2, 0.25) is 0 Å². The summed E-state index contributed by atoms with van der Waals surface area (Å²) in [7, 11) is 0. The van der Waals surface area contributed by atoms with E-state index in [0.29, 0.717) is 5.69 Å². The van der Waals surface area contributed by atoms with E-state index >= 15 is 0 Å². The fourth-order valence-corrected chi connectivity index (χ4v) is 3.34. The van der Waals surface area contributed by atoms with Crippen molar-refractivity contribution in [2.45, 2.75) is 44.6 Å². The van der Waals surface area contributed by atoms with E-state index in [9.17, 15) is 14.7 Å². The van der Waals surface area contributed by atoms with Crippen LogP contribution in [0.4, 0.5) is 5.69 Å². The van der Waals surface area contributed by atoms with E-state index in [1.165, 1.54) is 6.20 Å². The van der Waals surface area contributed by atoms with Crippen molar-refractivity contribution in [1.82, 2.24) is 4.57 Å². The third-order valence-corrected chi connectivity index (χ3v) is 4.44. The fourth-order valence-electron chi connectivity index (χ4n) is 3.34. The lowest BCUT2D eigenvalue weighted by Crippen LogP contribution is -2.32. The fraction of sp³-hybridized carbons (Fsp3) is 0.600. The number of hydrogen-bond acceptors (Lipinski definition) is 3. The SMILES string of the molecule is O=C(O)c1cc(N2CCCC2)c(=O)n(C2CCCC2)c1. The molecule has 3 rings (SSSR count). The Kier molecular flexibility index (Phi) is 3.51. The van der Waals surface area contributed by atoms with Crippen molar-refractivity contribution in [1.29, 1.82) is 0 Å². The van der Waals surface area contributed by atoms with Gasteiger partial charge in [-0.25, -0.2) is 4.79 Å². The highest BCUT2D eigenvalue weighted by atomic mass is 16.4. The molecule has 1 saturated carbocycles. The number of aromatic carboxylic acids is 1. The predicted molar refractivity (Wildman–Crippen MR) is 76.6 cm³/mol. The van der Waals surface area contributed by atoms with E-state index in [0.717, 1.165) is 51.6 Å². The van der Waals surface area contributed by atoms with Crippen LogP contribution in [0, 0.1) is 0 Å². The lowest BCUT2D eigenvalue weighted by atomic mass is 10.2. The molecule has 1 aromatic rings. The van der Waals surface area contributed by atoms with Gasteiger partial charge in [-0.3, -0.25) is 4.79 Å². The maximum absolute atomic E-state index is 12.6.